The van der Waals surface area contributed by atoms with Crippen LogP contribution in [0.4, 0.5) is 0 Å². The van der Waals surface area contributed by atoms with E-state index >= 15 is 0 Å². The molecule has 1 fully saturated rings. The zero-order valence-electron chi connectivity index (χ0n) is 6.92. The van der Waals surface area contributed by atoms with Gasteiger partial charge in [-0.1, -0.05) is 19.8 Å². The maximum Gasteiger partial charge on any atom is 0.0937 e. The smallest absolute Gasteiger partial charge is 0.0937 e. The summed E-state index contributed by atoms with van der Waals surface area (Å²) in [5.74, 6) is 1.63. The molecule has 60 valence electrons. The van der Waals surface area contributed by atoms with Gasteiger partial charge in [0.2, 0.25) is 0 Å². The molecule has 0 amide bonds. The summed E-state index contributed by atoms with van der Waals surface area (Å²) in [7, 11) is 0. The molecular weight excluding hydrogens is 136 g/mol. The zero-order chi connectivity index (χ0) is 7.68. The molecule has 0 saturated heterocycles. The first-order valence-electron chi connectivity index (χ1n) is 4.40. The summed E-state index contributed by atoms with van der Waals surface area (Å²) in [5.41, 5.74) is 1.40. The van der Waals surface area contributed by atoms with Crippen molar-refractivity contribution in [2.45, 2.75) is 32.1 Å². The van der Waals surface area contributed by atoms with Crippen LogP contribution in [0.15, 0.2) is 23.0 Å². The van der Waals surface area contributed by atoms with Gasteiger partial charge >= 0.3 is 0 Å². The highest BCUT2D eigenvalue weighted by atomic mass is 16.3. The molecule has 0 aliphatic heterocycles. The molecule has 0 aromatic carbocycles. The second-order valence-electron chi connectivity index (χ2n) is 3.57. The molecule has 1 saturated carbocycles. The normalized spacial score (nSPS) is 31.0. The quantitative estimate of drug-likeness (QED) is 0.599. The first kappa shape index (κ1) is 6.96. The third kappa shape index (κ3) is 1.20. The lowest BCUT2D eigenvalue weighted by Crippen LogP contribution is -1.99. The second-order valence-corrected chi connectivity index (χ2v) is 3.57. The van der Waals surface area contributed by atoms with Crippen LogP contribution in [0.25, 0.3) is 0 Å². The van der Waals surface area contributed by atoms with E-state index < -0.39 is 0 Å². The fraction of sp³-hybridized carbons (Fsp3) is 0.600. The Hall–Kier alpha value is -0.720. The summed E-state index contributed by atoms with van der Waals surface area (Å²) in [4.78, 5) is 0. The largest absolute Gasteiger partial charge is 0.472 e. The molecule has 1 nitrogen and oxygen atoms in total. The van der Waals surface area contributed by atoms with E-state index in [2.05, 4.69) is 13.0 Å². The van der Waals surface area contributed by atoms with Crippen LogP contribution in [0, 0.1) is 5.92 Å². The van der Waals surface area contributed by atoms with Crippen molar-refractivity contribution in [3.8, 4) is 0 Å². The van der Waals surface area contributed by atoms with Gasteiger partial charge in [0.25, 0.3) is 0 Å². The van der Waals surface area contributed by atoms with Crippen LogP contribution in [-0.2, 0) is 0 Å². The molecule has 0 bridgehead atoms. The minimum Gasteiger partial charge on any atom is -0.472 e. The molecule has 1 aromatic rings. The first-order chi connectivity index (χ1) is 5.38. The van der Waals surface area contributed by atoms with E-state index in [1.807, 2.05) is 6.26 Å². The van der Waals surface area contributed by atoms with Crippen molar-refractivity contribution in [1.82, 2.24) is 0 Å². The lowest BCUT2D eigenvalue weighted by Gasteiger charge is -2.11. The number of rotatable bonds is 1. The van der Waals surface area contributed by atoms with Gasteiger partial charge in [-0.25, -0.2) is 0 Å². The van der Waals surface area contributed by atoms with Gasteiger partial charge in [-0.05, 0) is 29.9 Å². The van der Waals surface area contributed by atoms with Gasteiger partial charge in [-0.3, -0.25) is 0 Å². The van der Waals surface area contributed by atoms with Crippen molar-refractivity contribution < 1.29 is 4.42 Å². The van der Waals surface area contributed by atoms with Crippen LogP contribution in [-0.4, -0.2) is 0 Å². The number of hydrogen-bond donors (Lipinski definition) is 0. The Morgan fingerprint density at radius 3 is 2.91 bits per heavy atom. The molecule has 0 radical (unpaired) electrons. The minimum atomic E-state index is 0.772. The van der Waals surface area contributed by atoms with Crippen LogP contribution >= 0.6 is 0 Å². The minimum absolute atomic E-state index is 0.772. The number of furan rings is 1. The summed E-state index contributed by atoms with van der Waals surface area (Å²) in [5, 5.41) is 0. The summed E-state index contributed by atoms with van der Waals surface area (Å²) >= 11 is 0. The van der Waals surface area contributed by atoms with Crippen LogP contribution in [0.5, 0.6) is 0 Å². The van der Waals surface area contributed by atoms with E-state index in [0.29, 0.717) is 0 Å². The highest BCUT2D eigenvalue weighted by Gasteiger charge is 2.25. The summed E-state index contributed by atoms with van der Waals surface area (Å²) in [6, 6.07) is 2.10. The van der Waals surface area contributed by atoms with Gasteiger partial charge < -0.3 is 4.42 Å². The topological polar surface area (TPSA) is 13.1 Å². The van der Waals surface area contributed by atoms with E-state index in [9.17, 15) is 0 Å². The Kier molecular flexibility index (Phi) is 1.72. The van der Waals surface area contributed by atoms with Gasteiger partial charge in [0, 0.05) is 0 Å². The molecule has 2 rings (SSSR count). The van der Waals surface area contributed by atoms with Gasteiger partial charge in [0.1, 0.15) is 0 Å². The molecule has 0 spiro atoms. The third-order valence-electron chi connectivity index (χ3n) is 2.83. The molecule has 0 N–H and O–H groups in total. The average molecular weight is 150 g/mol. The molecule has 1 heteroatoms. The Morgan fingerprint density at radius 2 is 2.36 bits per heavy atom. The van der Waals surface area contributed by atoms with Crippen LogP contribution < -0.4 is 0 Å². The van der Waals surface area contributed by atoms with Crippen LogP contribution in [0.1, 0.15) is 37.7 Å². The van der Waals surface area contributed by atoms with Crippen molar-refractivity contribution in [2.75, 3.05) is 0 Å². The Labute approximate surface area is 67.4 Å². The monoisotopic (exact) mass is 150 g/mol. The van der Waals surface area contributed by atoms with Crippen LogP contribution in [0.3, 0.4) is 0 Å². The van der Waals surface area contributed by atoms with Gasteiger partial charge in [-0.2, -0.15) is 0 Å². The Balaban J connectivity index is 2.16. The molecular formula is C10H14O. The second kappa shape index (κ2) is 2.72. The van der Waals surface area contributed by atoms with Crippen molar-refractivity contribution in [2.24, 2.45) is 5.92 Å². The standard InChI is InChI=1S/C10H14O/c1-8-3-2-4-10(8)9-5-6-11-7-9/h5-8,10H,2-4H2,1H3. The Bertz CT molecular complexity index is 213. The molecule has 11 heavy (non-hydrogen) atoms. The highest BCUT2D eigenvalue weighted by molar-refractivity contribution is 5.14. The maximum absolute atomic E-state index is 5.08. The molecule has 2 unspecified atom stereocenters. The van der Waals surface area contributed by atoms with Crippen molar-refractivity contribution in [3.63, 3.8) is 0 Å². The lowest BCUT2D eigenvalue weighted by molar-refractivity contribution is 0.516. The highest BCUT2D eigenvalue weighted by Crippen LogP contribution is 2.39. The van der Waals surface area contributed by atoms with Crippen molar-refractivity contribution in [1.29, 1.82) is 0 Å². The lowest BCUT2D eigenvalue weighted by atomic mass is 9.92. The fourth-order valence-electron chi connectivity index (χ4n) is 2.13. The predicted octanol–water partition coefficient (Wildman–Crippen LogP) is 3.18. The zero-order valence-corrected chi connectivity index (χ0v) is 6.92. The Morgan fingerprint density at radius 1 is 1.45 bits per heavy atom. The van der Waals surface area contributed by atoms with E-state index in [0.717, 1.165) is 11.8 Å². The van der Waals surface area contributed by atoms with Gasteiger partial charge in [0.15, 0.2) is 0 Å². The van der Waals surface area contributed by atoms with Crippen molar-refractivity contribution >= 4 is 0 Å². The maximum atomic E-state index is 5.08. The SMILES string of the molecule is CC1CCCC1c1ccoc1. The number of hydrogen-bond acceptors (Lipinski definition) is 1. The fourth-order valence-corrected chi connectivity index (χ4v) is 2.13. The van der Waals surface area contributed by atoms with Crippen molar-refractivity contribution in [3.05, 3.63) is 24.2 Å². The van der Waals surface area contributed by atoms with E-state index in [1.165, 1.54) is 24.8 Å². The third-order valence-corrected chi connectivity index (χ3v) is 2.83. The molecule has 1 aromatic heterocycles. The molecule has 2 atom stereocenters. The summed E-state index contributed by atoms with van der Waals surface area (Å²) in [6.07, 6.45) is 7.79. The summed E-state index contributed by atoms with van der Waals surface area (Å²) < 4.78 is 5.08. The van der Waals surface area contributed by atoms with E-state index in [4.69, 9.17) is 4.42 Å². The van der Waals surface area contributed by atoms with Gasteiger partial charge in [-0.15, -0.1) is 0 Å². The van der Waals surface area contributed by atoms with Crippen LogP contribution in [0.2, 0.25) is 0 Å². The molecule has 1 aliphatic carbocycles. The first-order valence-corrected chi connectivity index (χ1v) is 4.40. The predicted molar refractivity (Wildman–Crippen MR) is 44.5 cm³/mol. The molecule has 1 aliphatic rings. The van der Waals surface area contributed by atoms with E-state index in [1.54, 1.807) is 6.26 Å². The van der Waals surface area contributed by atoms with E-state index in [-0.39, 0.29) is 0 Å². The van der Waals surface area contributed by atoms with Gasteiger partial charge in [0.05, 0.1) is 12.5 Å². The summed E-state index contributed by atoms with van der Waals surface area (Å²) in [6.45, 7) is 2.34. The molecule has 1 heterocycles. The average Bonchev–Trinajstić information content (AvgIpc) is 2.55.